The van der Waals surface area contributed by atoms with Gasteiger partial charge >= 0.3 is 0 Å². The highest BCUT2D eigenvalue weighted by Gasteiger charge is 2.50. The molecular weight excluding hydrogens is 302 g/mol. The molecule has 0 bridgehead atoms. The molecule has 2 N–H and O–H groups in total. The summed E-state index contributed by atoms with van der Waals surface area (Å²) in [4.78, 5) is 26.1. The lowest BCUT2D eigenvalue weighted by Crippen LogP contribution is -2.53. The third-order valence-electron chi connectivity index (χ3n) is 5.77. The number of nitrogens with one attached hydrogen (secondary N) is 2. The second-order valence-electron chi connectivity index (χ2n) is 6.98. The molecule has 0 radical (unpaired) electrons. The van der Waals surface area contributed by atoms with Gasteiger partial charge in [0.25, 0.3) is 0 Å². The number of hydrogen-bond acceptors (Lipinski definition) is 3. The van der Waals surface area contributed by atoms with Crippen LogP contribution in [0.1, 0.15) is 45.4 Å². The normalized spacial score (nSPS) is 32.0. The van der Waals surface area contributed by atoms with E-state index in [0.29, 0.717) is 5.92 Å². The fraction of sp³-hybridized carbons (Fsp3) is 0.875. The van der Waals surface area contributed by atoms with Crippen LogP contribution < -0.4 is 10.6 Å². The molecule has 3 fully saturated rings. The summed E-state index contributed by atoms with van der Waals surface area (Å²) in [6, 6.07) is 0.241. The first-order chi connectivity index (χ1) is 10.1. The summed E-state index contributed by atoms with van der Waals surface area (Å²) >= 11 is 0. The second-order valence-corrected chi connectivity index (χ2v) is 6.98. The number of piperidine rings is 1. The van der Waals surface area contributed by atoms with Crippen molar-refractivity contribution in [2.24, 2.45) is 11.3 Å². The number of likely N-dealkylation sites (tertiary alicyclic amines) is 1. The average Bonchev–Trinajstić information content (AvgIpc) is 2.93. The van der Waals surface area contributed by atoms with Crippen molar-refractivity contribution in [3.8, 4) is 0 Å². The molecular formula is C16H28ClN3O2. The lowest BCUT2D eigenvalue weighted by Gasteiger charge is -2.39. The van der Waals surface area contributed by atoms with Gasteiger partial charge in [-0.05, 0) is 38.1 Å². The van der Waals surface area contributed by atoms with Gasteiger partial charge in [-0.1, -0.05) is 12.8 Å². The highest BCUT2D eigenvalue weighted by molar-refractivity contribution is 5.85. The largest absolute Gasteiger partial charge is 0.353 e. The Balaban J connectivity index is 0.00000176. The first-order valence-electron chi connectivity index (χ1n) is 8.39. The molecule has 126 valence electrons. The average molecular weight is 330 g/mol. The number of carbonyl (C=O) groups excluding carboxylic acids is 2. The zero-order chi connectivity index (χ0) is 14.9. The van der Waals surface area contributed by atoms with E-state index in [2.05, 4.69) is 10.6 Å². The van der Waals surface area contributed by atoms with Gasteiger partial charge in [-0.15, -0.1) is 12.4 Å². The van der Waals surface area contributed by atoms with Gasteiger partial charge in [0.15, 0.2) is 0 Å². The van der Waals surface area contributed by atoms with E-state index in [0.717, 1.165) is 45.4 Å². The van der Waals surface area contributed by atoms with Crippen molar-refractivity contribution in [2.75, 3.05) is 26.2 Å². The molecule has 2 heterocycles. The van der Waals surface area contributed by atoms with Crippen LogP contribution in [0.3, 0.4) is 0 Å². The SMILES string of the molecule is CC(=O)N1CCC(NC(=O)[C@@]23CCCC[C@H]2CNC3)CC1.Cl. The Kier molecular flexibility index (Phi) is 5.72. The summed E-state index contributed by atoms with van der Waals surface area (Å²) in [5, 5.41) is 6.72. The number of amides is 2. The summed E-state index contributed by atoms with van der Waals surface area (Å²) < 4.78 is 0. The van der Waals surface area contributed by atoms with Gasteiger partial charge in [0.1, 0.15) is 0 Å². The third kappa shape index (κ3) is 3.25. The molecule has 1 saturated carbocycles. The molecule has 5 nitrogen and oxygen atoms in total. The summed E-state index contributed by atoms with van der Waals surface area (Å²) in [6.07, 6.45) is 6.43. The van der Waals surface area contributed by atoms with Crippen molar-refractivity contribution < 1.29 is 9.59 Å². The fourth-order valence-electron chi connectivity index (χ4n) is 4.36. The minimum atomic E-state index is -0.157. The molecule has 0 aromatic heterocycles. The predicted molar refractivity (Wildman–Crippen MR) is 87.9 cm³/mol. The Morgan fingerprint density at radius 3 is 2.59 bits per heavy atom. The maximum atomic E-state index is 12.9. The molecule has 0 spiro atoms. The Labute approximate surface area is 139 Å². The topological polar surface area (TPSA) is 61.4 Å². The first kappa shape index (κ1) is 17.5. The van der Waals surface area contributed by atoms with Crippen LogP contribution in [0.5, 0.6) is 0 Å². The summed E-state index contributed by atoms with van der Waals surface area (Å²) in [7, 11) is 0. The molecule has 2 saturated heterocycles. The molecule has 3 rings (SSSR count). The lowest BCUT2D eigenvalue weighted by atomic mass is 9.67. The van der Waals surface area contributed by atoms with E-state index in [9.17, 15) is 9.59 Å². The zero-order valence-corrected chi connectivity index (χ0v) is 14.2. The standard InChI is InChI=1S/C16H27N3O2.ClH/c1-12(20)19-8-5-14(6-9-19)18-15(21)16-7-3-2-4-13(16)10-17-11-16;/h13-14,17H,2-11H2,1H3,(H,18,21);1H/t13-,16+;/m0./s1. The van der Waals surface area contributed by atoms with Crippen LogP contribution in [0, 0.1) is 11.3 Å². The molecule has 22 heavy (non-hydrogen) atoms. The Bertz CT molecular complexity index is 424. The van der Waals surface area contributed by atoms with E-state index in [4.69, 9.17) is 0 Å². The summed E-state index contributed by atoms with van der Waals surface area (Å²) in [5.74, 6) is 0.924. The Morgan fingerprint density at radius 2 is 1.91 bits per heavy atom. The number of halogens is 1. The molecule has 3 aliphatic rings. The fourth-order valence-corrected chi connectivity index (χ4v) is 4.36. The van der Waals surface area contributed by atoms with Crippen LogP contribution in [0.25, 0.3) is 0 Å². The number of nitrogens with zero attached hydrogens (tertiary/aromatic N) is 1. The molecule has 0 aromatic rings. The quantitative estimate of drug-likeness (QED) is 0.803. The molecule has 2 aliphatic heterocycles. The van der Waals surface area contributed by atoms with E-state index in [1.54, 1.807) is 6.92 Å². The Hall–Kier alpha value is -0.810. The summed E-state index contributed by atoms with van der Waals surface area (Å²) in [6.45, 7) is 5.00. The van der Waals surface area contributed by atoms with Crippen LogP contribution in [0.4, 0.5) is 0 Å². The minimum absolute atomic E-state index is 0. The third-order valence-corrected chi connectivity index (χ3v) is 5.77. The van der Waals surface area contributed by atoms with Gasteiger partial charge in [0.2, 0.25) is 11.8 Å². The van der Waals surface area contributed by atoms with Gasteiger partial charge in [-0.2, -0.15) is 0 Å². The van der Waals surface area contributed by atoms with E-state index >= 15 is 0 Å². The first-order valence-corrected chi connectivity index (χ1v) is 8.39. The van der Waals surface area contributed by atoms with Gasteiger partial charge in [-0.3, -0.25) is 9.59 Å². The predicted octanol–water partition coefficient (Wildman–Crippen LogP) is 1.32. The number of hydrogen-bond donors (Lipinski definition) is 2. The van der Waals surface area contributed by atoms with Crippen LogP contribution >= 0.6 is 12.4 Å². The lowest BCUT2D eigenvalue weighted by molar-refractivity contribution is -0.135. The highest BCUT2D eigenvalue weighted by Crippen LogP contribution is 2.44. The Morgan fingerprint density at radius 1 is 1.18 bits per heavy atom. The number of fused-ring (bicyclic) bond motifs is 1. The maximum absolute atomic E-state index is 12.9. The van der Waals surface area contributed by atoms with Crippen LogP contribution in [0.2, 0.25) is 0 Å². The molecule has 2 amide bonds. The van der Waals surface area contributed by atoms with Gasteiger partial charge in [0.05, 0.1) is 5.41 Å². The molecule has 1 aliphatic carbocycles. The molecule has 0 aromatic carbocycles. The monoisotopic (exact) mass is 329 g/mol. The molecule has 6 heteroatoms. The van der Waals surface area contributed by atoms with E-state index in [1.165, 1.54) is 19.3 Å². The van der Waals surface area contributed by atoms with E-state index in [1.807, 2.05) is 4.90 Å². The van der Waals surface area contributed by atoms with Crippen molar-refractivity contribution in [2.45, 2.75) is 51.5 Å². The van der Waals surface area contributed by atoms with Crippen molar-refractivity contribution in [3.63, 3.8) is 0 Å². The molecule has 2 atom stereocenters. The van der Waals surface area contributed by atoms with E-state index < -0.39 is 0 Å². The van der Waals surface area contributed by atoms with Crippen molar-refractivity contribution in [1.29, 1.82) is 0 Å². The number of carbonyl (C=O) groups is 2. The van der Waals surface area contributed by atoms with Gasteiger partial charge < -0.3 is 15.5 Å². The van der Waals surface area contributed by atoms with Gasteiger partial charge in [-0.25, -0.2) is 0 Å². The maximum Gasteiger partial charge on any atom is 0.228 e. The molecule has 0 unspecified atom stereocenters. The van der Waals surface area contributed by atoms with Crippen LogP contribution in [0.15, 0.2) is 0 Å². The van der Waals surface area contributed by atoms with Crippen molar-refractivity contribution in [1.82, 2.24) is 15.5 Å². The van der Waals surface area contributed by atoms with Crippen LogP contribution in [-0.4, -0.2) is 48.9 Å². The zero-order valence-electron chi connectivity index (χ0n) is 13.4. The van der Waals surface area contributed by atoms with Gasteiger partial charge in [0, 0.05) is 32.6 Å². The second kappa shape index (κ2) is 7.18. The van der Waals surface area contributed by atoms with Crippen molar-refractivity contribution in [3.05, 3.63) is 0 Å². The summed E-state index contributed by atoms with van der Waals surface area (Å²) in [5.41, 5.74) is -0.157. The van der Waals surface area contributed by atoms with E-state index in [-0.39, 0.29) is 35.7 Å². The minimum Gasteiger partial charge on any atom is -0.353 e. The number of rotatable bonds is 2. The van der Waals surface area contributed by atoms with Crippen LogP contribution in [-0.2, 0) is 9.59 Å². The van der Waals surface area contributed by atoms with Crippen molar-refractivity contribution >= 4 is 24.2 Å². The highest BCUT2D eigenvalue weighted by atomic mass is 35.5. The smallest absolute Gasteiger partial charge is 0.228 e.